The van der Waals surface area contributed by atoms with Gasteiger partial charge in [-0.2, -0.15) is 0 Å². The minimum absolute atomic E-state index is 0.190. The van der Waals surface area contributed by atoms with Gasteiger partial charge in [-0.1, -0.05) is 163 Å². The Balaban J connectivity index is 3.55. The molecule has 1 N–H and O–H groups in total. The van der Waals surface area contributed by atoms with Gasteiger partial charge < -0.3 is 14.6 Å². The summed E-state index contributed by atoms with van der Waals surface area (Å²) >= 11 is 0. The fourth-order valence-electron chi connectivity index (χ4n) is 5.38. The third-order valence-electron chi connectivity index (χ3n) is 8.45. The first-order valence-corrected chi connectivity index (χ1v) is 20.7. The summed E-state index contributed by atoms with van der Waals surface area (Å²) in [4.78, 5) is 12.2. The summed E-state index contributed by atoms with van der Waals surface area (Å²) < 4.78 is 11.1. The standard InChI is InChI=1S/C46H78O4/c1-3-5-7-9-11-13-15-17-19-21-23-24-26-28-30-32-34-36-38-40-42-49-44-45(43-47)50-46(48)41-39-37-35-33-31-29-27-25-22-20-18-16-14-12-10-8-6-4-2/h5,7,11,13-14,16-17,19-20,22-24,28,30,45,47H,3-4,6,8-10,12,15,18,21,25-27,29,31-44H2,1-2H3/b7-5-,13-11-,16-14-,19-17-,22-20-,24-23-,30-28-. The zero-order valence-electron chi connectivity index (χ0n) is 32.6. The lowest BCUT2D eigenvalue weighted by Crippen LogP contribution is -2.27. The van der Waals surface area contributed by atoms with E-state index in [2.05, 4.69) is 98.9 Å². The van der Waals surface area contributed by atoms with Gasteiger partial charge in [0, 0.05) is 13.0 Å². The van der Waals surface area contributed by atoms with Crippen LogP contribution in [0.2, 0.25) is 0 Å². The lowest BCUT2D eigenvalue weighted by atomic mass is 10.1. The largest absolute Gasteiger partial charge is 0.457 e. The highest BCUT2D eigenvalue weighted by molar-refractivity contribution is 5.69. The molecule has 0 aliphatic heterocycles. The normalized spacial score (nSPS) is 13.3. The molecule has 0 aliphatic rings. The van der Waals surface area contributed by atoms with Crippen LogP contribution < -0.4 is 0 Å². The summed E-state index contributed by atoms with van der Waals surface area (Å²) in [5, 5.41) is 9.59. The smallest absolute Gasteiger partial charge is 0.306 e. The number of ether oxygens (including phenoxy) is 2. The highest BCUT2D eigenvalue weighted by Crippen LogP contribution is 2.12. The van der Waals surface area contributed by atoms with E-state index in [9.17, 15) is 9.90 Å². The van der Waals surface area contributed by atoms with Gasteiger partial charge in [0.05, 0.1) is 13.2 Å². The number of rotatable bonds is 37. The van der Waals surface area contributed by atoms with Crippen molar-refractivity contribution in [2.75, 3.05) is 19.8 Å². The molecule has 0 bridgehead atoms. The van der Waals surface area contributed by atoms with Crippen LogP contribution in [0, 0.1) is 0 Å². The molecule has 0 amide bonds. The van der Waals surface area contributed by atoms with E-state index in [4.69, 9.17) is 9.47 Å². The molecule has 4 heteroatoms. The van der Waals surface area contributed by atoms with Gasteiger partial charge >= 0.3 is 5.97 Å². The molecule has 0 saturated heterocycles. The van der Waals surface area contributed by atoms with Gasteiger partial charge in [-0.15, -0.1) is 0 Å². The molecule has 4 nitrogen and oxygen atoms in total. The van der Waals surface area contributed by atoms with Crippen molar-refractivity contribution < 1.29 is 19.4 Å². The number of aliphatic hydroxyl groups is 1. The van der Waals surface area contributed by atoms with Crippen molar-refractivity contribution in [3.63, 3.8) is 0 Å². The molecular formula is C46H78O4. The van der Waals surface area contributed by atoms with Gasteiger partial charge in [-0.05, 0) is 89.9 Å². The molecule has 0 aromatic heterocycles. The molecular weight excluding hydrogens is 617 g/mol. The molecule has 0 fully saturated rings. The van der Waals surface area contributed by atoms with Crippen molar-refractivity contribution in [3.05, 3.63) is 85.1 Å². The van der Waals surface area contributed by atoms with Gasteiger partial charge in [0.25, 0.3) is 0 Å². The zero-order valence-corrected chi connectivity index (χ0v) is 32.6. The van der Waals surface area contributed by atoms with Gasteiger partial charge in [0.15, 0.2) is 0 Å². The van der Waals surface area contributed by atoms with Crippen LogP contribution in [-0.2, 0) is 14.3 Å². The average molecular weight is 695 g/mol. The SMILES string of the molecule is CC/C=C\C/C=C\C/C=C\C/C=C\C/C=C\CCCCCCOCC(CO)OC(=O)CCCCCCCCC/C=C\C/C=C\CCCCCC. The van der Waals surface area contributed by atoms with Gasteiger partial charge in [-0.3, -0.25) is 4.79 Å². The van der Waals surface area contributed by atoms with Crippen LogP contribution in [0.3, 0.4) is 0 Å². The Hall–Kier alpha value is -2.43. The predicted octanol–water partition coefficient (Wildman–Crippen LogP) is 13.6. The quantitative estimate of drug-likeness (QED) is 0.0399. The van der Waals surface area contributed by atoms with Gasteiger partial charge in [0.2, 0.25) is 0 Å². The molecule has 50 heavy (non-hydrogen) atoms. The Morgan fingerprint density at radius 1 is 0.500 bits per heavy atom. The number of allylic oxidation sites excluding steroid dienone is 14. The summed E-state index contributed by atoms with van der Waals surface area (Å²) in [6, 6.07) is 0. The second kappa shape index (κ2) is 42.7. The van der Waals surface area contributed by atoms with E-state index in [0.29, 0.717) is 13.0 Å². The van der Waals surface area contributed by atoms with Crippen LogP contribution in [0.15, 0.2) is 85.1 Å². The van der Waals surface area contributed by atoms with Crippen molar-refractivity contribution in [2.24, 2.45) is 0 Å². The molecule has 1 unspecified atom stereocenters. The Kier molecular flexibility index (Phi) is 40.7. The highest BCUT2D eigenvalue weighted by Gasteiger charge is 2.13. The van der Waals surface area contributed by atoms with E-state index in [0.717, 1.165) is 70.6 Å². The summed E-state index contributed by atoms with van der Waals surface area (Å²) in [5.41, 5.74) is 0. The van der Waals surface area contributed by atoms with Crippen molar-refractivity contribution in [2.45, 2.75) is 180 Å². The predicted molar refractivity (Wildman–Crippen MR) is 219 cm³/mol. The summed E-state index contributed by atoms with van der Waals surface area (Å²) in [5.74, 6) is -0.221. The van der Waals surface area contributed by atoms with E-state index in [1.54, 1.807) is 0 Å². The summed E-state index contributed by atoms with van der Waals surface area (Å²) in [6.07, 6.45) is 59.2. The molecule has 0 radical (unpaired) electrons. The molecule has 0 aromatic carbocycles. The van der Waals surface area contributed by atoms with Crippen molar-refractivity contribution in [1.29, 1.82) is 0 Å². The van der Waals surface area contributed by atoms with E-state index in [1.165, 1.54) is 83.5 Å². The van der Waals surface area contributed by atoms with Crippen LogP contribution in [0.25, 0.3) is 0 Å². The van der Waals surface area contributed by atoms with Crippen molar-refractivity contribution in [3.8, 4) is 0 Å². The highest BCUT2D eigenvalue weighted by atomic mass is 16.6. The van der Waals surface area contributed by atoms with Crippen LogP contribution in [-0.4, -0.2) is 37.0 Å². The Bertz CT molecular complexity index is 907. The molecule has 0 heterocycles. The second-order valence-electron chi connectivity index (χ2n) is 13.3. The maximum Gasteiger partial charge on any atom is 0.306 e. The van der Waals surface area contributed by atoms with Crippen LogP contribution in [0.4, 0.5) is 0 Å². The Morgan fingerprint density at radius 2 is 0.900 bits per heavy atom. The van der Waals surface area contributed by atoms with Crippen molar-refractivity contribution in [1.82, 2.24) is 0 Å². The minimum Gasteiger partial charge on any atom is -0.457 e. The Labute approximate surface area is 310 Å². The zero-order chi connectivity index (χ0) is 36.3. The monoisotopic (exact) mass is 695 g/mol. The lowest BCUT2D eigenvalue weighted by Gasteiger charge is -2.15. The number of hydrogen-bond donors (Lipinski definition) is 1. The fraction of sp³-hybridized carbons (Fsp3) is 0.674. The number of carbonyl (C=O) groups excluding carboxylic acids is 1. The Morgan fingerprint density at radius 3 is 1.36 bits per heavy atom. The molecule has 1 atom stereocenters. The van der Waals surface area contributed by atoms with Crippen LogP contribution in [0.1, 0.15) is 174 Å². The summed E-state index contributed by atoms with van der Waals surface area (Å²) in [6.45, 7) is 5.14. The third-order valence-corrected chi connectivity index (χ3v) is 8.45. The molecule has 0 saturated carbocycles. The van der Waals surface area contributed by atoms with E-state index in [1.807, 2.05) is 0 Å². The second-order valence-corrected chi connectivity index (χ2v) is 13.3. The van der Waals surface area contributed by atoms with E-state index < -0.39 is 6.10 Å². The topological polar surface area (TPSA) is 55.8 Å². The number of carbonyl (C=O) groups is 1. The third kappa shape index (κ3) is 40.0. The maximum atomic E-state index is 12.2. The van der Waals surface area contributed by atoms with Crippen LogP contribution in [0.5, 0.6) is 0 Å². The van der Waals surface area contributed by atoms with Crippen molar-refractivity contribution >= 4 is 5.97 Å². The average Bonchev–Trinajstić information content (AvgIpc) is 3.12. The molecule has 0 spiro atoms. The number of aliphatic hydroxyl groups excluding tert-OH is 1. The minimum atomic E-state index is -0.557. The van der Waals surface area contributed by atoms with Gasteiger partial charge in [0.1, 0.15) is 6.10 Å². The first-order valence-electron chi connectivity index (χ1n) is 20.7. The van der Waals surface area contributed by atoms with E-state index in [-0.39, 0.29) is 19.2 Å². The number of esters is 1. The first kappa shape index (κ1) is 47.6. The molecule has 0 aromatic rings. The maximum absolute atomic E-state index is 12.2. The van der Waals surface area contributed by atoms with Crippen LogP contribution >= 0.6 is 0 Å². The molecule has 0 rings (SSSR count). The number of hydrogen-bond acceptors (Lipinski definition) is 4. The number of unbranched alkanes of at least 4 members (excludes halogenated alkanes) is 15. The molecule has 286 valence electrons. The summed E-state index contributed by atoms with van der Waals surface area (Å²) in [7, 11) is 0. The fourth-order valence-corrected chi connectivity index (χ4v) is 5.38. The van der Waals surface area contributed by atoms with E-state index >= 15 is 0 Å². The molecule has 0 aliphatic carbocycles. The first-order chi connectivity index (χ1) is 24.7. The van der Waals surface area contributed by atoms with Gasteiger partial charge in [-0.25, -0.2) is 0 Å². The lowest BCUT2D eigenvalue weighted by molar-refractivity contribution is -0.154.